The highest BCUT2D eigenvalue weighted by Gasteiger charge is 2.11. The number of hydrogen-bond donors (Lipinski definition) is 0. The molecule has 0 radical (unpaired) electrons. The average molecular weight is 370 g/mol. The minimum Gasteiger partial charge on any atom is -0.281 e. The van der Waals surface area contributed by atoms with E-state index in [1.165, 1.54) is 10.9 Å². The Morgan fingerprint density at radius 3 is 2.80 bits per heavy atom. The van der Waals surface area contributed by atoms with Crippen molar-refractivity contribution in [3.05, 3.63) is 56.7 Å². The molecule has 0 fully saturated rings. The monoisotopic (exact) mass is 369 g/mol. The quantitative estimate of drug-likeness (QED) is 0.506. The van der Waals surface area contributed by atoms with Gasteiger partial charge in [0, 0.05) is 17.3 Å². The molecule has 25 heavy (non-hydrogen) atoms. The molecule has 0 amide bonds. The third-order valence-electron chi connectivity index (χ3n) is 4.25. The predicted molar refractivity (Wildman–Crippen MR) is 105 cm³/mol. The van der Waals surface area contributed by atoms with Crippen LogP contribution in [0.2, 0.25) is 0 Å². The Balaban J connectivity index is 1.72. The van der Waals surface area contributed by atoms with Gasteiger partial charge in [0.05, 0.1) is 22.9 Å². The van der Waals surface area contributed by atoms with E-state index < -0.39 is 0 Å². The van der Waals surface area contributed by atoms with Crippen molar-refractivity contribution in [1.82, 2.24) is 24.1 Å². The molecule has 0 atom stereocenters. The van der Waals surface area contributed by atoms with Crippen LogP contribution in [0.4, 0.5) is 0 Å². The lowest BCUT2D eigenvalue weighted by atomic mass is 10.1. The molecule has 1 aromatic carbocycles. The van der Waals surface area contributed by atoms with Gasteiger partial charge < -0.3 is 0 Å². The Kier molecular flexibility index (Phi) is 4.15. The standard InChI is InChI=1S/C18H19N5S2/c1-12-8-17-20-22(11-21(3)9-14-10-25-13(2)19-14)18(24)23(17)16-7-5-4-6-15(12)16/h4-8,10H,9,11H2,1-3H3. The van der Waals surface area contributed by atoms with Crippen molar-refractivity contribution in [2.45, 2.75) is 27.1 Å². The van der Waals surface area contributed by atoms with Crippen LogP contribution in [-0.4, -0.2) is 31.1 Å². The Hall–Kier alpha value is -2.09. The number of fused-ring (bicyclic) bond motifs is 3. The van der Waals surface area contributed by atoms with Crippen LogP contribution in [0, 0.1) is 18.6 Å². The largest absolute Gasteiger partial charge is 0.281 e. The third-order valence-corrected chi connectivity index (χ3v) is 5.47. The molecule has 0 aliphatic rings. The maximum Gasteiger partial charge on any atom is 0.204 e. The van der Waals surface area contributed by atoms with Gasteiger partial charge in [-0.2, -0.15) is 5.10 Å². The predicted octanol–water partition coefficient (Wildman–Crippen LogP) is 4.18. The first-order valence-corrected chi connectivity index (χ1v) is 9.39. The molecule has 0 saturated carbocycles. The topological polar surface area (TPSA) is 38.4 Å². The van der Waals surface area contributed by atoms with Crippen molar-refractivity contribution in [1.29, 1.82) is 0 Å². The molecule has 0 unspecified atom stereocenters. The molecular weight excluding hydrogens is 350 g/mol. The fourth-order valence-corrected chi connectivity index (χ4v) is 4.04. The summed E-state index contributed by atoms with van der Waals surface area (Å²) in [6.07, 6.45) is 0. The summed E-state index contributed by atoms with van der Waals surface area (Å²) in [5.74, 6) is 0. The van der Waals surface area contributed by atoms with Crippen LogP contribution < -0.4 is 0 Å². The molecule has 3 aromatic heterocycles. The zero-order valence-electron chi connectivity index (χ0n) is 14.4. The van der Waals surface area contributed by atoms with Crippen molar-refractivity contribution < 1.29 is 0 Å². The Morgan fingerprint density at radius 1 is 1.24 bits per heavy atom. The van der Waals surface area contributed by atoms with Gasteiger partial charge in [0.15, 0.2) is 5.65 Å². The van der Waals surface area contributed by atoms with E-state index in [2.05, 4.69) is 57.9 Å². The summed E-state index contributed by atoms with van der Waals surface area (Å²) in [5, 5.41) is 9.13. The molecule has 0 N–H and O–H groups in total. The third kappa shape index (κ3) is 2.99. The second kappa shape index (κ2) is 6.33. The summed E-state index contributed by atoms with van der Waals surface area (Å²) < 4.78 is 4.65. The summed E-state index contributed by atoms with van der Waals surface area (Å²) in [4.78, 5) is 6.70. The number of rotatable bonds is 4. The minimum absolute atomic E-state index is 0.629. The van der Waals surface area contributed by atoms with Gasteiger partial charge in [0.1, 0.15) is 0 Å². The number of aryl methyl sites for hydroxylation is 2. The van der Waals surface area contributed by atoms with E-state index in [9.17, 15) is 0 Å². The summed E-state index contributed by atoms with van der Waals surface area (Å²) in [5.41, 5.74) is 4.29. The van der Waals surface area contributed by atoms with E-state index >= 15 is 0 Å². The molecule has 128 valence electrons. The maximum absolute atomic E-state index is 5.71. The Bertz CT molecular complexity index is 1120. The summed E-state index contributed by atoms with van der Waals surface area (Å²) in [6.45, 7) is 5.55. The van der Waals surface area contributed by atoms with Crippen LogP contribution in [0.5, 0.6) is 0 Å². The minimum atomic E-state index is 0.629. The van der Waals surface area contributed by atoms with Crippen LogP contribution in [0.25, 0.3) is 16.6 Å². The van der Waals surface area contributed by atoms with E-state index in [1.54, 1.807) is 11.3 Å². The fraction of sp³-hybridized carbons (Fsp3) is 0.278. The first kappa shape index (κ1) is 16.4. The molecule has 0 saturated heterocycles. The molecule has 0 aliphatic heterocycles. The molecule has 4 rings (SSSR count). The summed E-state index contributed by atoms with van der Waals surface area (Å²) in [7, 11) is 2.06. The van der Waals surface area contributed by atoms with Crippen LogP contribution in [0.3, 0.4) is 0 Å². The zero-order valence-corrected chi connectivity index (χ0v) is 16.1. The zero-order chi connectivity index (χ0) is 17.6. The molecule has 0 spiro atoms. The number of nitrogens with zero attached hydrogens (tertiary/aromatic N) is 5. The highest BCUT2D eigenvalue weighted by molar-refractivity contribution is 7.71. The number of aromatic nitrogens is 4. The Labute approximate surface area is 155 Å². The van der Waals surface area contributed by atoms with Crippen molar-refractivity contribution in [2.75, 3.05) is 7.05 Å². The second-order valence-corrected chi connectivity index (χ2v) is 7.76. The Morgan fingerprint density at radius 2 is 2.04 bits per heavy atom. The lowest BCUT2D eigenvalue weighted by Crippen LogP contribution is -2.22. The summed E-state index contributed by atoms with van der Waals surface area (Å²) >= 11 is 7.39. The number of benzene rings is 1. The van der Waals surface area contributed by atoms with Gasteiger partial charge in [0.25, 0.3) is 0 Å². The molecule has 4 aromatic rings. The van der Waals surface area contributed by atoms with Crippen molar-refractivity contribution in [2.24, 2.45) is 0 Å². The number of pyridine rings is 1. The smallest absolute Gasteiger partial charge is 0.204 e. The normalized spacial score (nSPS) is 11.8. The van der Waals surface area contributed by atoms with Gasteiger partial charge >= 0.3 is 0 Å². The molecule has 5 nitrogen and oxygen atoms in total. The number of thiazole rings is 1. The van der Waals surface area contributed by atoms with Gasteiger partial charge in [-0.3, -0.25) is 9.30 Å². The molecule has 0 bridgehead atoms. The first-order chi connectivity index (χ1) is 12.0. The second-order valence-electron chi connectivity index (χ2n) is 6.33. The van der Waals surface area contributed by atoms with Gasteiger partial charge in [-0.25, -0.2) is 9.67 Å². The van der Waals surface area contributed by atoms with E-state index in [0.717, 1.165) is 28.4 Å². The average Bonchev–Trinajstić information content (AvgIpc) is 3.11. The van der Waals surface area contributed by atoms with Crippen LogP contribution >= 0.6 is 23.6 Å². The van der Waals surface area contributed by atoms with Gasteiger partial charge in [-0.05, 0) is 50.8 Å². The molecule has 0 aliphatic carbocycles. The van der Waals surface area contributed by atoms with E-state index in [0.29, 0.717) is 11.4 Å². The van der Waals surface area contributed by atoms with Crippen LogP contribution in [0.1, 0.15) is 16.3 Å². The van der Waals surface area contributed by atoms with Gasteiger partial charge in [0.2, 0.25) is 4.77 Å². The molecular formula is C18H19N5S2. The maximum atomic E-state index is 5.71. The lowest BCUT2D eigenvalue weighted by molar-refractivity contribution is 0.242. The lowest BCUT2D eigenvalue weighted by Gasteiger charge is -2.14. The number of hydrogen-bond acceptors (Lipinski definition) is 5. The first-order valence-electron chi connectivity index (χ1n) is 8.10. The van der Waals surface area contributed by atoms with Crippen molar-refractivity contribution in [3.63, 3.8) is 0 Å². The van der Waals surface area contributed by atoms with Crippen LogP contribution in [-0.2, 0) is 13.2 Å². The summed E-state index contributed by atoms with van der Waals surface area (Å²) in [6, 6.07) is 10.4. The molecule has 3 heterocycles. The van der Waals surface area contributed by atoms with Gasteiger partial charge in [-0.1, -0.05) is 18.2 Å². The van der Waals surface area contributed by atoms with Crippen LogP contribution in [0.15, 0.2) is 35.7 Å². The highest BCUT2D eigenvalue weighted by Crippen LogP contribution is 2.21. The SMILES string of the molecule is Cc1nc(CN(C)Cn2nc3cc(C)c4ccccc4n3c2=S)cs1. The van der Waals surface area contributed by atoms with Gasteiger partial charge in [-0.15, -0.1) is 11.3 Å². The van der Waals surface area contributed by atoms with E-state index in [1.807, 2.05) is 17.7 Å². The number of para-hydroxylation sites is 1. The van der Waals surface area contributed by atoms with E-state index in [-0.39, 0.29) is 0 Å². The van der Waals surface area contributed by atoms with Crippen molar-refractivity contribution >= 4 is 40.1 Å². The molecule has 7 heteroatoms. The van der Waals surface area contributed by atoms with E-state index in [4.69, 9.17) is 17.3 Å². The fourth-order valence-electron chi connectivity index (χ4n) is 3.15. The highest BCUT2D eigenvalue weighted by atomic mass is 32.1. The van der Waals surface area contributed by atoms with Crippen molar-refractivity contribution in [3.8, 4) is 0 Å².